The van der Waals surface area contributed by atoms with Gasteiger partial charge in [-0.2, -0.15) is 0 Å². The molecule has 0 radical (unpaired) electrons. The van der Waals surface area contributed by atoms with E-state index in [-0.39, 0.29) is 11.8 Å². The number of likely N-dealkylation sites (N-methyl/N-ethyl adjacent to an activating group) is 1. The predicted octanol–water partition coefficient (Wildman–Crippen LogP) is 2.54. The zero-order valence-corrected chi connectivity index (χ0v) is 14.3. The van der Waals surface area contributed by atoms with Crippen LogP contribution in [0.2, 0.25) is 0 Å². The van der Waals surface area contributed by atoms with Gasteiger partial charge in [0.2, 0.25) is 0 Å². The molecule has 2 amide bonds. The monoisotopic (exact) mass is 325 g/mol. The fourth-order valence-electron chi connectivity index (χ4n) is 2.11. The molecule has 0 aliphatic heterocycles. The molecule has 0 aliphatic carbocycles. The van der Waals surface area contributed by atoms with E-state index in [1.54, 1.807) is 24.3 Å². The van der Waals surface area contributed by atoms with E-state index < -0.39 is 0 Å². The van der Waals surface area contributed by atoms with Crippen molar-refractivity contribution in [1.82, 2.24) is 10.2 Å². The van der Waals surface area contributed by atoms with E-state index in [2.05, 4.69) is 10.6 Å². The number of anilines is 1. The van der Waals surface area contributed by atoms with E-state index in [1.165, 1.54) is 0 Å². The number of carbonyl (C=O) groups excluding carboxylic acids is 2. The van der Waals surface area contributed by atoms with Crippen LogP contribution in [-0.2, 0) is 0 Å². The molecule has 0 atom stereocenters. The van der Waals surface area contributed by atoms with E-state index in [9.17, 15) is 9.59 Å². The van der Waals surface area contributed by atoms with Gasteiger partial charge in [-0.25, -0.2) is 0 Å². The fraction of sp³-hybridized carbons (Fsp3) is 0.263. The minimum atomic E-state index is -0.196. The molecule has 0 aromatic heterocycles. The minimum Gasteiger partial charge on any atom is -0.351 e. The van der Waals surface area contributed by atoms with Gasteiger partial charge in [-0.05, 0) is 57.4 Å². The Morgan fingerprint density at radius 1 is 0.875 bits per heavy atom. The standard InChI is InChI=1S/C19H23N3O2/c1-14-4-10-17(11-5-14)21-19(24)16-8-6-15(7-9-16)18(23)20-12-13-22(2)3/h4-11H,12-13H2,1-3H3,(H,20,23)(H,21,24). The van der Waals surface area contributed by atoms with Crippen LogP contribution in [0, 0.1) is 6.92 Å². The summed E-state index contributed by atoms with van der Waals surface area (Å²) >= 11 is 0. The number of rotatable bonds is 6. The molecule has 0 saturated heterocycles. The molecular formula is C19H23N3O2. The highest BCUT2D eigenvalue weighted by molar-refractivity contribution is 6.05. The van der Waals surface area contributed by atoms with Crippen molar-refractivity contribution < 1.29 is 9.59 Å². The first-order chi connectivity index (χ1) is 11.5. The first kappa shape index (κ1) is 17.7. The van der Waals surface area contributed by atoms with Gasteiger partial charge in [0, 0.05) is 29.9 Å². The second-order valence-corrected chi connectivity index (χ2v) is 5.96. The maximum absolute atomic E-state index is 12.2. The molecule has 0 fully saturated rings. The second kappa shape index (κ2) is 8.26. The van der Waals surface area contributed by atoms with E-state index in [4.69, 9.17) is 0 Å². The first-order valence-electron chi connectivity index (χ1n) is 7.87. The van der Waals surface area contributed by atoms with E-state index in [0.717, 1.165) is 17.8 Å². The summed E-state index contributed by atoms with van der Waals surface area (Å²) in [6.45, 7) is 3.36. The molecule has 0 heterocycles. The molecule has 0 saturated carbocycles. The molecule has 0 unspecified atom stereocenters. The summed E-state index contributed by atoms with van der Waals surface area (Å²) in [6, 6.07) is 14.2. The van der Waals surface area contributed by atoms with Crippen molar-refractivity contribution in [3.05, 3.63) is 65.2 Å². The lowest BCUT2D eigenvalue weighted by Gasteiger charge is -2.10. The summed E-state index contributed by atoms with van der Waals surface area (Å²) in [5, 5.41) is 5.68. The number of nitrogens with one attached hydrogen (secondary N) is 2. The lowest BCUT2D eigenvalue weighted by molar-refractivity contribution is 0.0949. The summed E-state index contributed by atoms with van der Waals surface area (Å²) in [7, 11) is 3.90. The Morgan fingerprint density at radius 3 is 1.96 bits per heavy atom. The number of nitrogens with zero attached hydrogens (tertiary/aromatic N) is 1. The normalized spacial score (nSPS) is 10.5. The average molecular weight is 325 g/mol. The summed E-state index contributed by atoms with van der Waals surface area (Å²) in [5.41, 5.74) is 2.94. The summed E-state index contributed by atoms with van der Waals surface area (Å²) in [5.74, 6) is -0.333. The van der Waals surface area contributed by atoms with Crippen molar-refractivity contribution >= 4 is 17.5 Å². The van der Waals surface area contributed by atoms with Crippen molar-refractivity contribution in [1.29, 1.82) is 0 Å². The molecular weight excluding hydrogens is 302 g/mol. The molecule has 0 aliphatic rings. The number of aryl methyl sites for hydroxylation is 1. The molecule has 5 nitrogen and oxygen atoms in total. The van der Waals surface area contributed by atoms with Crippen molar-refractivity contribution in [3.63, 3.8) is 0 Å². The summed E-state index contributed by atoms with van der Waals surface area (Å²) < 4.78 is 0. The minimum absolute atomic E-state index is 0.137. The number of benzene rings is 2. The van der Waals surface area contributed by atoms with Gasteiger partial charge in [0.1, 0.15) is 0 Å². The average Bonchev–Trinajstić information content (AvgIpc) is 2.56. The molecule has 5 heteroatoms. The molecule has 2 rings (SSSR count). The van der Waals surface area contributed by atoms with Gasteiger partial charge in [-0.1, -0.05) is 17.7 Å². The van der Waals surface area contributed by atoms with E-state index in [0.29, 0.717) is 17.7 Å². The Labute approximate surface area is 142 Å². The van der Waals surface area contributed by atoms with Gasteiger partial charge < -0.3 is 15.5 Å². The van der Waals surface area contributed by atoms with Crippen LogP contribution in [0.5, 0.6) is 0 Å². The van der Waals surface area contributed by atoms with Crippen molar-refractivity contribution in [3.8, 4) is 0 Å². The third-order valence-electron chi connectivity index (χ3n) is 3.56. The largest absolute Gasteiger partial charge is 0.351 e. The van der Waals surface area contributed by atoms with Crippen LogP contribution in [0.15, 0.2) is 48.5 Å². The molecule has 0 spiro atoms. The zero-order valence-electron chi connectivity index (χ0n) is 14.3. The van der Waals surface area contributed by atoms with Gasteiger partial charge in [-0.15, -0.1) is 0 Å². The highest BCUT2D eigenvalue weighted by atomic mass is 16.2. The lowest BCUT2D eigenvalue weighted by atomic mass is 10.1. The third kappa shape index (κ3) is 5.21. The quantitative estimate of drug-likeness (QED) is 0.858. The zero-order chi connectivity index (χ0) is 17.5. The Morgan fingerprint density at radius 2 is 1.42 bits per heavy atom. The van der Waals surface area contributed by atoms with Crippen LogP contribution < -0.4 is 10.6 Å². The molecule has 2 N–H and O–H groups in total. The van der Waals surface area contributed by atoms with Gasteiger partial charge in [-0.3, -0.25) is 9.59 Å². The smallest absolute Gasteiger partial charge is 0.255 e. The van der Waals surface area contributed by atoms with E-state index >= 15 is 0 Å². The first-order valence-corrected chi connectivity index (χ1v) is 7.87. The maximum atomic E-state index is 12.2. The third-order valence-corrected chi connectivity index (χ3v) is 3.56. The van der Waals surface area contributed by atoms with Crippen molar-refractivity contribution in [2.45, 2.75) is 6.92 Å². The fourth-order valence-corrected chi connectivity index (χ4v) is 2.11. The predicted molar refractivity (Wildman–Crippen MR) is 96.5 cm³/mol. The number of amides is 2. The van der Waals surface area contributed by atoms with Crippen molar-refractivity contribution in [2.75, 3.05) is 32.5 Å². The van der Waals surface area contributed by atoms with Crippen molar-refractivity contribution in [2.24, 2.45) is 0 Å². The Bertz CT molecular complexity index is 692. The molecule has 2 aromatic carbocycles. The number of hydrogen-bond acceptors (Lipinski definition) is 3. The van der Waals surface area contributed by atoms with E-state index in [1.807, 2.05) is 50.2 Å². The van der Waals surface area contributed by atoms with Crippen LogP contribution in [0.1, 0.15) is 26.3 Å². The molecule has 2 aromatic rings. The van der Waals surface area contributed by atoms with Crippen LogP contribution in [0.3, 0.4) is 0 Å². The second-order valence-electron chi connectivity index (χ2n) is 5.96. The molecule has 126 valence electrons. The van der Waals surface area contributed by atoms with Crippen LogP contribution in [0.25, 0.3) is 0 Å². The topological polar surface area (TPSA) is 61.4 Å². The highest BCUT2D eigenvalue weighted by Crippen LogP contribution is 2.11. The molecule has 0 bridgehead atoms. The van der Waals surface area contributed by atoms with Crippen LogP contribution in [0.4, 0.5) is 5.69 Å². The molecule has 24 heavy (non-hydrogen) atoms. The lowest BCUT2D eigenvalue weighted by Crippen LogP contribution is -2.31. The Hall–Kier alpha value is -2.66. The van der Waals surface area contributed by atoms with Crippen LogP contribution in [-0.4, -0.2) is 43.9 Å². The van der Waals surface area contributed by atoms with Crippen LogP contribution >= 0.6 is 0 Å². The Kier molecular flexibility index (Phi) is 6.09. The maximum Gasteiger partial charge on any atom is 0.255 e. The highest BCUT2D eigenvalue weighted by Gasteiger charge is 2.09. The number of carbonyl (C=O) groups is 2. The van der Waals surface area contributed by atoms with Gasteiger partial charge >= 0.3 is 0 Å². The SMILES string of the molecule is Cc1ccc(NC(=O)c2ccc(C(=O)NCCN(C)C)cc2)cc1. The van der Waals surface area contributed by atoms with Gasteiger partial charge in [0.05, 0.1) is 0 Å². The number of hydrogen-bond donors (Lipinski definition) is 2. The van der Waals surface area contributed by atoms with Gasteiger partial charge in [0.25, 0.3) is 11.8 Å². The Balaban J connectivity index is 1.94. The summed E-state index contributed by atoms with van der Waals surface area (Å²) in [6.07, 6.45) is 0. The van der Waals surface area contributed by atoms with Gasteiger partial charge in [0.15, 0.2) is 0 Å². The summed E-state index contributed by atoms with van der Waals surface area (Å²) in [4.78, 5) is 26.2.